The predicted molar refractivity (Wildman–Crippen MR) is 84.9 cm³/mol. The molecule has 0 spiro atoms. The maximum Gasteiger partial charge on any atom is 0.276 e. The Bertz CT molecular complexity index is 741. The molecule has 0 radical (unpaired) electrons. The Hall–Kier alpha value is -3.29. The summed E-state index contributed by atoms with van der Waals surface area (Å²) in [5.41, 5.74) is 0.977. The second-order valence-corrected chi connectivity index (χ2v) is 4.72. The summed E-state index contributed by atoms with van der Waals surface area (Å²) in [6.07, 6.45) is 3.41. The van der Waals surface area contributed by atoms with E-state index in [0.717, 1.165) is 0 Å². The maximum absolute atomic E-state index is 12.0. The van der Waals surface area contributed by atoms with Crippen LogP contribution >= 0.6 is 0 Å². The quantitative estimate of drug-likeness (QED) is 0.715. The number of nitrogens with zero attached hydrogens (tertiary/aromatic N) is 5. The predicted octanol–water partition coefficient (Wildman–Crippen LogP) is 1.43. The summed E-state index contributed by atoms with van der Waals surface area (Å²) in [5, 5.41) is 21.4. The molecule has 0 fully saturated rings. The van der Waals surface area contributed by atoms with Crippen molar-refractivity contribution in [2.24, 2.45) is 0 Å². The number of anilines is 2. The second-order valence-electron chi connectivity index (χ2n) is 4.72. The fourth-order valence-corrected chi connectivity index (χ4v) is 1.91. The highest BCUT2D eigenvalue weighted by Crippen LogP contribution is 2.08. The van der Waals surface area contributed by atoms with Gasteiger partial charge in [-0.15, -0.1) is 15.3 Å². The molecule has 0 aliphatic heterocycles. The van der Waals surface area contributed by atoms with Gasteiger partial charge >= 0.3 is 0 Å². The summed E-state index contributed by atoms with van der Waals surface area (Å²) >= 11 is 0. The molecule has 0 bridgehead atoms. The molecule has 0 aliphatic carbocycles. The average molecular weight is 309 g/mol. The Kier molecular flexibility index (Phi) is 4.53. The first-order valence-corrected chi connectivity index (χ1v) is 7.09. The smallest absolute Gasteiger partial charge is 0.276 e. The molecule has 2 heterocycles. The molecule has 8 nitrogen and oxygen atoms in total. The van der Waals surface area contributed by atoms with E-state index in [1.54, 1.807) is 29.2 Å². The number of rotatable bonds is 6. The second kappa shape index (κ2) is 7.12. The highest BCUT2D eigenvalue weighted by atomic mass is 16.1. The van der Waals surface area contributed by atoms with Gasteiger partial charge < -0.3 is 10.6 Å². The summed E-state index contributed by atoms with van der Waals surface area (Å²) in [6, 6.07) is 12.6. The summed E-state index contributed by atoms with van der Waals surface area (Å²) < 4.78 is 1.71. The van der Waals surface area contributed by atoms with E-state index < -0.39 is 0 Å². The Labute approximate surface area is 132 Å². The van der Waals surface area contributed by atoms with Crippen LogP contribution in [0.3, 0.4) is 0 Å². The fourth-order valence-electron chi connectivity index (χ4n) is 1.91. The highest BCUT2D eigenvalue weighted by molar-refractivity contribution is 6.02. The SMILES string of the molecule is O=C(Nc1ccccc1)c1ccc(NCCn2ccnn2)nn1. The van der Waals surface area contributed by atoms with E-state index in [1.165, 1.54) is 0 Å². The molecule has 1 aromatic carbocycles. The van der Waals surface area contributed by atoms with Gasteiger partial charge in [-0.3, -0.25) is 9.48 Å². The van der Waals surface area contributed by atoms with Crippen molar-refractivity contribution in [3.05, 3.63) is 60.6 Å². The van der Waals surface area contributed by atoms with Gasteiger partial charge in [0.15, 0.2) is 5.69 Å². The molecule has 1 amide bonds. The first-order valence-electron chi connectivity index (χ1n) is 7.09. The lowest BCUT2D eigenvalue weighted by Crippen LogP contribution is -2.16. The van der Waals surface area contributed by atoms with Crippen LogP contribution in [-0.4, -0.2) is 37.6 Å². The first-order chi connectivity index (χ1) is 11.3. The van der Waals surface area contributed by atoms with Gasteiger partial charge in [0.05, 0.1) is 12.7 Å². The molecule has 3 aromatic rings. The average Bonchev–Trinajstić information content (AvgIpc) is 3.10. The number of amides is 1. The van der Waals surface area contributed by atoms with Crippen LogP contribution in [0.15, 0.2) is 54.9 Å². The van der Waals surface area contributed by atoms with Gasteiger partial charge in [-0.2, -0.15) is 0 Å². The van der Waals surface area contributed by atoms with Crippen LogP contribution in [0, 0.1) is 0 Å². The van der Waals surface area contributed by atoms with E-state index in [2.05, 4.69) is 31.1 Å². The van der Waals surface area contributed by atoms with Gasteiger partial charge in [-0.1, -0.05) is 23.4 Å². The van der Waals surface area contributed by atoms with Crippen molar-refractivity contribution < 1.29 is 4.79 Å². The highest BCUT2D eigenvalue weighted by Gasteiger charge is 2.08. The molecule has 0 atom stereocenters. The van der Waals surface area contributed by atoms with Crippen LogP contribution in [0.25, 0.3) is 0 Å². The molecule has 23 heavy (non-hydrogen) atoms. The minimum Gasteiger partial charge on any atom is -0.367 e. The number of carbonyl (C=O) groups excluding carboxylic acids is 1. The van der Waals surface area contributed by atoms with Crippen molar-refractivity contribution in [1.82, 2.24) is 25.2 Å². The molecule has 2 aromatic heterocycles. The van der Waals surface area contributed by atoms with Crippen molar-refractivity contribution in [2.75, 3.05) is 17.2 Å². The topological polar surface area (TPSA) is 97.6 Å². The van der Waals surface area contributed by atoms with Crippen LogP contribution in [-0.2, 0) is 6.54 Å². The molecule has 0 saturated carbocycles. The summed E-state index contributed by atoms with van der Waals surface area (Å²) in [6.45, 7) is 1.30. The van der Waals surface area contributed by atoms with E-state index in [4.69, 9.17) is 0 Å². The Morgan fingerprint density at radius 3 is 2.65 bits per heavy atom. The van der Waals surface area contributed by atoms with Gasteiger partial charge in [0.25, 0.3) is 5.91 Å². The zero-order valence-corrected chi connectivity index (χ0v) is 12.3. The maximum atomic E-state index is 12.0. The molecular weight excluding hydrogens is 294 g/mol. The summed E-state index contributed by atoms with van der Waals surface area (Å²) in [5.74, 6) is 0.305. The van der Waals surface area contributed by atoms with Crippen LogP contribution in [0.2, 0.25) is 0 Å². The van der Waals surface area contributed by atoms with Crippen molar-refractivity contribution in [3.63, 3.8) is 0 Å². The van der Waals surface area contributed by atoms with Gasteiger partial charge in [-0.05, 0) is 24.3 Å². The Morgan fingerprint density at radius 1 is 1.09 bits per heavy atom. The monoisotopic (exact) mass is 309 g/mol. The number of aromatic nitrogens is 5. The van der Waals surface area contributed by atoms with E-state index >= 15 is 0 Å². The van der Waals surface area contributed by atoms with Crippen LogP contribution < -0.4 is 10.6 Å². The molecule has 3 rings (SSSR count). The summed E-state index contributed by atoms with van der Waals surface area (Å²) in [4.78, 5) is 12.0. The van der Waals surface area contributed by atoms with Crippen LogP contribution in [0.4, 0.5) is 11.5 Å². The molecular formula is C15H15N7O. The summed E-state index contributed by atoms with van der Waals surface area (Å²) in [7, 11) is 0. The molecule has 116 valence electrons. The van der Waals surface area contributed by atoms with Crippen molar-refractivity contribution in [2.45, 2.75) is 6.54 Å². The molecule has 0 aliphatic rings. The molecule has 0 unspecified atom stereocenters. The number of benzene rings is 1. The minimum atomic E-state index is -0.294. The van der Waals surface area contributed by atoms with Gasteiger partial charge in [-0.25, -0.2) is 0 Å². The van der Waals surface area contributed by atoms with Crippen LogP contribution in [0.5, 0.6) is 0 Å². The van der Waals surface area contributed by atoms with Crippen LogP contribution in [0.1, 0.15) is 10.5 Å². The Morgan fingerprint density at radius 2 is 1.96 bits per heavy atom. The number of hydrogen-bond donors (Lipinski definition) is 2. The third kappa shape index (κ3) is 4.10. The zero-order chi connectivity index (χ0) is 15.9. The van der Waals surface area contributed by atoms with Crippen molar-refractivity contribution in [3.8, 4) is 0 Å². The van der Waals surface area contributed by atoms with E-state index in [1.807, 2.05) is 30.3 Å². The molecule has 2 N–H and O–H groups in total. The number of para-hydroxylation sites is 1. The van der Waals surface area contributed by atoms with E-state index in [9.17, 15) is 4.79 Å². The van der Waals surface area contributed by atoms with Gasteiger partial charge in [0.2, 0.25) is 0 Å². The first kappa shape index (κ1) is 14.6. The zero-order valence-electron chi connectivity index (χ0n) is 12.3. The largest absolute Gasteiger partial charge is 0.367 e. The third-order valence-electron chi connectivity index (χ3n) is 3.05. The van der Waals surface area contributed by atoms with Crippen molar-refractivity contribution >= 4 is 17.4 Å². The lowest BCUT2D eigenvalue weighted by atomic mass is 10.3. The fraction of sp³-hybridized carbons (Fsp3) is 0.133. The number of carbonyl (C=O) groups is 1. The standard InChI is InChI=1S/C15H15N7O/c23-15(18-12-4-2-1-3-5-12)13-6-7-14(20-19-13)16-8-10-22-11-9-17-21-22/h1-7,9,11H,8,10H2,(H,16,20)(H,18,23). The third-order valence-corrected chi connectivity index (χ3v) is 3.05. The lowest BCUT2D eigenvalue weighted by Gasteiger charge is -2.06. The van der Waals surface area contributed by atoms with E-state index in [0.29, 0.717) is 24.6 Å². The van der Waals surface area contributed by atoms with Gasteiger partial charge in [0.1, 0.15) is 5.82 Å². The normalized spacial score (nSPS) is 10.3. The number of nitrogens with one attached hydrogen (secondary N) is 2. The molecule has 0 saturated heterocycles. The molecule has 8 heteroatoms. The lowest BCUT2D eigenvalue weighted by molar-refractivity contribution is 0.102. The van der Waals surface area contributed by atoms with E-state index in [-0.39, 0.29) is 11.6 Å². The Balaban J connectivity index is 1.53. The van der Waals surface area contributed by atoms with Gasteiger partial charge in [0, 0.05) is 18.4 Å². The van der Waals surface area contributed by atoms with Crippen molar-refractivity contribution in [1.29, 1.82) is 0 Å². The number of hydrogen-bond acceptors (Lipinski definition) is 6. The minimum absolute atomic E-state index is 0.260.